The van der Waals surface area contributed by atoms with E-state index in [0.717, 1.165) is 12.8 Å². The van der Waals surface area contributed by atoms with E-state index in [-0.39, 0.29) is 11.9 Å². The molecule has 15 heavy (non-hydrogen) atoms. The zero-order chi connectivity index (χ0) is 10.7. The summed E-state index contributed by atoms with van der Waals surface area (Å²) in [5, 5.41) is 5.99. The van der Waals surface area contributed by atoms with Crippen LogP contribution in [0.5, 0.6) is 5.75 Å². The lowest BCUT2D eigenvalue weighted by atomic mass is 10.2. The molecule has 0 saturated carbocycles. The Bertz CT molecular complexity index is 399. The van der Waals surface area contributed by atoms with Crippen molar-refractivity contribution in [3.05, 3.63) is 12.4 Å². The second-order valence-corrected chi connectivity index (χ2v) is 6.13. The lowest BCUT2D eigenvalue weighted by Crippen LogP contribution is -2.33. The summed E-state index contributed by atoms with van der Waals surface area (Å²) in [6, 6.07) is 0. The standard InChI is InChI=1S/C9H14N2O3S/c12-15(13)4-2-1-3-9(15)7-14-8-5-10-11-6-8/h5-6,9H,1-4,7H2,(H,10,11). The minimum atomic E-state index is -2.93. The maximum atomic E-state index is 11.6. The average molecular weight is 230 g/mol. The van der Waals surface area contributed by atoms with Crippen LogP contribution in [-0.2, 0) is 9.84 Å². The van der Waals surface area contributed by atoms with Crippen molar-refractivity contribution in [1.82, 2.24) is 10.2 Å². The molecule has 2 rings (SSSR count). The van der Waals surface area contributed by atoms with E-state index in [1.807, 2.05) is 0 Å². The zero-order valence-corrected chi connectivity index (χ0v) is 9.16. The normalized spacial score (nSPS) is 24.9. The van der Waals surface area contributed by atoms with Gasteiger partial charge in [-0.1, -0.05) is 6.42 Å². The Hall–Kier alpha value is -1.04. The van der Waals surface area contributed by atoms with Crippen LogP contribution in [0.4, 0.5) is 0 Å². The number of aromatic amines is 1. The SMILES string of the molecule is O=S1(=O)CCCCC1COc1cn[nH]c1. The first kappa shape index (κ1) is 10.5. The second kappa shape index (κ2) is 4.22. The molecule has 0 aliphatic carbocycles. The van der Waals surface area contributed by atoms with Gasteiger partial charge in [0.15, 0.2) is 15.6 Å². The molecule has 0 amide bonds. The fraction of sp³-hybridized carbons (Fsp3) is 0.667. The van der Waals surface area contributed by atoms with Gasteiger partial charge in [0.25, 0.3) is 0 Å². The average Bonchev–Trinajstić information content (AvgIpc) is 2.68. The van der Waals surface area contributed by atoms with Gasteiger partial charge >= 0.3 is 0 Å². The molecule has 1 aromatic rings. The molecule has 2 heterocycles. The highest BCUT2D eigenvalue weighted by Crippen LogP contribution is 2.20. The van der Waals surface area contributed by atoms with Crippen LogP contribution in [-0.4, -0.2) is 36.2 Å². The number of ether oxygens (including phenoxy) is 1. The van der Waals surface area contributed by atoms with Crippen LogP contribution in [0.2, 0.25) is 0 Å². The Morgan fingerprint density at radius 1 is 1.53 bits per heavy atom. The van der Waals surface area contributed by atoms with Crippen LogP contribution in [0.15, 0.2) is 12.4 Å². The van der Waals surface area contributed by atoms with Crippen LogP contribution in [0.25, 0.3) is 0 Å². The molecule has 1 aromatic heterocycles. The molecule has 6 heteroatoms. The molecule has 1 fully saturated rings. The van der Waals surface area contributed by atoms with Gasteiger partial charge in [-0.2, -0.15) is 5.10 Å². The van der Waals surface area contributed by atoms with E-state index in [1.165, 1.54) is 6.20 Å². The molecule has 84 valence electrons. The van der Waals surface area contributed by atoms with Gasteiger partial charge in [0.2, 0.25) is 0 Å². The van der Waals surface area contributed by atoms with Crippen molar-refractivity contribution >= 4 is 9.84 Å². The topological polar surface area (TPSA) is 72.1 Å². The van der Waals surface area contributed by atoms with Crippen molar-refractivity contribution in [3.8, 4) is 5.75 Å². The van der Waals surface area contributed by atoms with Gasteiger partial charge in [0.1, 0.15) is 6.61 Å². The van der Waals surface area contributed by atoms with E-state index in [4.69, 9.17) is 4.74 Å². The van der Waals surface area contributed by atoms with Crippen molar-refractivity contribution in [2.24, 2.45) is 0 Å². The molecule has 1 atom stereocenters. The van der Waals surface area contributed by atoms with Crippen molar-refractivity contribution < 1.29 is 13.2 Å². The lowest BCUT2D eigenvalue weighted by Gasteiger charge is -2.21. The molecular weight excluding hydrogens is 216 g/mol. The fourth-order valence-corrected chi connectivity index (χ4v) is 3.46. The molecule has 5 nitrogen and oxygen atoms in total. The monoisotopic (exact) mass is 230 g/mol. The van der Waals surface area contributed by atoms with E-state index < -0.39 is 9.84 Å². The third-order valence-corrected chi connectivity index (χ3v) is 4.87. The minimum Gasteiger partial charge on any atom is -0.489 e. The Balaban J connectivity index is 1.94. The lowest BCUT2D eigenvalue weighted by molar-refractivity contribution is 0.302. The van der Waals surface area contributed by atoms with Gasteiger partial charge in [0, 0.05) is 0 Å². The molecule has 0 bridgehead atoms. The van der Waals surface area contributed by atoms with Crippen molar-refractivity contribution in [2.45, 2.75) is 24.5 Å². The summed E-state index contributed by atoms with van der Waals surface area (Å²) in [6.45, 7) is 0.238. The van der Waals surface area contributed by atoms with Gasteiger partial charge < -0.3 is 4.74 Å². The third kappa shape index (κ3) is 2.50. The summed E-state index contributed by atoms with van der Waals surface area (Å²) in [4.78, 5) is 0. The molecule has 1 aliphatic rings. The minimum absolute atomic E-state index is 0.238. The van der Waals surface area contributed by atoms with Crippen molar-refractivity contribution in [2.75, 3.05) is 12.4 Å². The predicted molar refractivity (Wildman–Crippen MR) is 55.5 cm³/mol. The molecule has 1 N–H and O–H groups in total. The van der Waals surface area contributed by atoms with Crippen LogP contribution >= 0.6 is 0 Å². The number of nitrogens with zero attached hydrogens (tertiary/aromatic N) is 1. The molecule has 0 aromatic carbocycles. The number of aromatic nitrogens is 2. The summed E-state index contributed by atoms with van der Waals surface area (Å²) in [5.41, 5.74) is 0. The van der Waals surface area contributed by atoms with Gasteiger partial charge in [0.05, 0.1) is 23.4 Å². The summed E-state index contributed by atoms with van der Waals surface area (Å²) in [6.07, 6.45) is 5.61. The highest BCUT2D eigenvalue weighted by atomic mass is 32.2. The van der Waals surface area contributed by atoms with Crippen molar-refractivity contribution in [1.29, 1.82) is 0 Å². The Morgan fingerprint density at radius 3 is 3.07 bits per heavy atom. The number of sulfone groups is 1. The Kier molecular flexibility index (Phi) is 2.95. The van der Waals surface area contributed by atoms with Crippen LogP contribution < -0.4 is 4.74 Å². The van der Waals surface area contributed by atoms with E-state index in [9.17, 15) is 8.42 Å². The maximum absolute atomic E-state index is 11.6. The maximum Gasteiger partial charge on any atom is 0.156 e. The largest absolute Gasteiger partial charge is 0.489 e. The number of hydrogen-bond donors (Lipinski definition) is 1. The highest BCUT2D eigenvalue weighted by Gasteiger charge is 2.29. The molecule has 0 radical (unpaired) electrons. The smallest absolute Gasteiger partial charge is 0.156 e. The predicted octanol–water partition coefficient (Wildman–Crippen LogP) is 0.756. The summed E-state index contributed by atoms with van der Waals surface area (Å²) >= 11 is 0. The number of nitrogens with one attached hydrogen (secondary N) is 1. The first-order valence-corrected chi connectivity index (χ1v) is 6.73. The van der Waals surface area contributed by atoms with E-state index in [0.29, 0.717) is 17.9 Å². The molecule has 1 unspecified atom stereocenters. The van der Waals surface area contributed by atoms with E-state index >= 15 is 0 Å². The quantitative estimate of drug-likeness (QED) is 0.832. The first-order chi connectivity index (χ1) is 7.18. The summed E-state index contributed by atoms with van der Waals surface area (Å²) in [7, 11) is -2.93. The van der Waals surface area contributed by atoms with Crippen molar-refractivity contribution in [3.63, 3.8) is 0 Å². The molecular formula is C9H14N2O3S. The first-order valence-electron chi connectivity index (χ1n) is 5.01. The van der Waals surface area contributed by atoms with Crippen LogP contribution in [0.3, 0.4) is 0 Å². The number of rotatable bonds is 3. The molecule has 1 saturated heterocycles. The number of H-pyrrole nitrogens is 1. The van der Waals surface area contributed by atoms with Gasteiger partial charge in [-0.15, -0.1) is 0 Å². The summed E-state index contributed by atoms with van der Waals surface area (Å²) in [5.74, 6) is 0.891. The number of hydrogen-bond acceptors (Lipinski definition) is 4. The van der Waals surface area contributed by atoms with Gasteiger partial charge in [-0.3, -0.25) is 5.10 Å². The van der Waals surface area contributed by atoms with Crippen LogP contribution in [0.1, 0.15) is 19.3 Å². The Morgan fingerprint density at radius 2 is 2.40 bits per heavy atom. The molecule has 0 spiro atoms. The van der Waals surface area contributed by atoms with Crippen LogP contribution in [0, 0.1) is 0 Å². The Labute approximate surface area is 88.8 Å². The highest BCUT2D eigenvalue weighted by molar-refractivity contribution is 7.92. The zero-order valence-electron chi connectivity index (χ0n) is 8.35. The third-order valence-electron chi connectivity index (χ3n) is 2.62. The second-order valence-electron chi connectivity index (χ2n) is 3.73. The summed E-state index contributed by atoms with van der Waals surface area (Å²) < 4.78 is 28.6. The van der Waals surface area contributed by atoms with E-state index in [2.05, 4.69) is 10.2 Å². The van der Waals surface area contributed by atoms with Gasteiger partial charge in [-0.25, -0.2) is 8.42 Å². The van der Waals surface area contributed by atoms with E-state index in [1.54, 1.807) is 6.20 Å². The molecule has 1 aliphatic heterocycles. The fourth-order valence-electron chi connectivity index (χ4n) is 1.72. The van der Waals surface area contributed by atoms with Gasteiger partial charge in [-0.05, 0) is 12.8 Å².